The molecule has 1 aliphatic heterocycles. The lowest BCUT2D eigenvalue weighted by Crippen LogP contribution is -2.24. The second-order valence-electron chi connectivity index (χ2n) is 6.98. The summed E-state index contributed by atoms with van der Waals surface area (Å²) in [6.45, 7) is 2.96. The minimum absolute atomic E-state index is 0.0844. The van der Waals surface area contributed by atoms with Crippen LogP contribution in [-0.4, -0.2) is 6.34 Å². The van der Waals surface area contributed by atoms with Crippen LogP contribution in [0, 0.1) is 18.6 Å². The molecule has 0 aliphatic carbocycles. The summed E-state index contributed by atoms with van der Waals surface area (Å²) in [6, 6.07) is 15.4. The van der Waals surface area contributed by atoms with Crippen molar-refractivity contribution in [3.63, 3.8) is 0 Å². The molecule has 0 fully saturated rings. The van der Waals surface area contributed by atoms with Crippen LogP contribution >= 0.6 is 0 Å². The predicted molar refractivity (Wildman–Crippen MR) is 111 cm³/mol. The van der Waals surface area contributed by atoms with E-state index in [1.807, 2.05) is 42.2 Å². The summed E-state index contributed by atoms with van der Waals surface area (Å²) >= 11 is 0. The van der Waals surface area contributed by atoms with E-state index in [0.717, 1.165) is 28.1 Å². The molecule has 0 spiro atoms. The summed E-state index contributed by atoms with van der Waals surface area (Å²) in [6.07, 6.45) is 1.78. The summed E-state index contributed by atoms with van der Waals surface area (Å²) < 4.78 is 33.3. The van der Waals surface area contributed by atoms with Gasteiger partial charge in [-0.3, -0.25) is 0 Å². The zero-order valence-corrected chi connectivity index (χ0v) is 16.0. The maximum atomic E-state index is 13.8. The number of anilines is 1. The van der Waals surface area contributed by atoms with Gasteiger partial charge in [-0.15, -0.1) is 0 Å². The van der Waals surface area contributed by atoms with Gasteiger partial charge >= 0.3 is 0 Å². The molecule has 0 bridgehead atoms. The summed E-state index contributed by atoms with van der Waals surface area (Å²) in [5.41, 5.74) is 10.7. The first-order valence-electron chi connectivity index (χ1n) is 9.34. The maximum Gasteiger partial charge on any atom is 0.132 e. The zero-order valence-electron chi connectivity index (χ0n) is 16.0. The van der Waals surface area contributed by atoms with Gasteiger partial charge in [0.1, 0.15) is 24.0 Å². The fourth-order valence-corrected chi connectivity index (χ4v) is 3.31. The van der Waals surface area contributed by atoms with Crippen molar-refractivity contribution in [2.45, 2.75) is 26.6 Å². The second kappa shape index (κ2) is 8.01. The SMILES string of the molecule is Cc1ccc(OCc2c(F)cccc2F)cc1N1C=Nc2cc(CN)ccc2C1. The van der Waals surface area contributed by atoms with Crippen LogP contribution in [0.15, 0.2) is 59.6 Å². The van der Waals surface area contributed by atoms with Crippen LogP contribution in [0.1, 0.15) is 22.3 Å². The van der Waals surface area contributed by atoms with Crippen LogP contribution in [0.25, 0.3) is 0 Å². The summed E-state index contributed by atoms with van der Waals surface area (Å²) in [5, 5.41) is 0. The van der Waals surface area contributed by atoms with Gasteiger partial charge in [-0.05, 0) is 47.9 Å². The van der Waals surface area contributed by atoms with Gasteiger partial charge in [-0.1, -0.05) is 24.3 Å². The Labute approximate surface area is 168 Å². The Kier molecular flexibility index (Phi) is 5.27. The first kappa shape index (κ1) is 19.1. The predicted octanol–water partition coefficient (Wildman–Crippen LogP) is 4.99. The van der Waals surface area contributed by atoms with Gasteiger partial charge in [-0.25, -0.2) is 13.8 Å². The third-order valence-electron chi connectivity index (χ3n) is 5.00. The smallest absolute Gasteiger partial charge is 0.132 e. The maximum absolute atomic E-state index is 13.8. The van der Waals surface area contributed by atoms with Crippen LogP contribution in [0.3, 0.4) is 0 Å². The molecule has 6 heteroatoms. The summed E-state index contributed by atoms with van der Waals surface area (Å²) in [7, 11) is 0. The quantitative estimate of drug-likeness (QED) is 0.664. The van der Waals surface area contributed by atoms with Crippen molar-refractivity contribution < 1.29 is 13.5 Å². The molecule has 3 aromatic rings. The fraction of sp³-hybridized carbons (Fsp3) is 0.174. The van der Waals surface area contributed by atoms with Crippen molar-refractivity contribution in [3.05, 3.63) is 88.5 Å². The minimum atomic E-state index is -0.617. The normalized spacial score (nSPS) is 12.8. The molecule has 3 aromatic carbocycles. The molecule has 4 rings (SSSR count). The van der Waals surface area contributed by atoms with Crippen LogP contribution < -0.4 is 15.4 Å². The van der Waals surface area contributed by atoms with Crippen LogP contribution in [0.5, 0.6) is 5.75 Å². The number of nitrogens with zero attached hydrogens (tertiary/aromatic N) is 2. The van der Waals surface area contributed by atoms with Crippen LogP contribution in [0.4, 0.5) is 20.2 Å². The molecule has 0 unspecified atom stereocenters. The van der Waals surface area contributed by atoms with Crippen molar-refractivity contribution >= 4 is 17.7 Å². The minimum Gasteiger partial charge on any atom is -0.489 e. The first-order valence-corrected chi connectivity index (χ1v) is 9.34. The standard InChI is InChI=1S/C23H21F2N3O/c1-15-5-8-18(29-13-19-20(24)3-2-4-21(19)25)10-23(15)28-12-17-7-6-16(11-26)9-22(17)27-14-28/h2-10,14H,11-13,26H2,1H3. The lowest BCUT2D eigenvalue weighted by molar-refractivity contribution is 0.292. The van der Waals surface area contributed by atoms with Crippen molar-refractivity contribution in [2.75, 3.05) is 4.90 Å². The van der Waals surface area contributed by atoms with Crippen molar-refractivity contribution in [1.82, 2.24) is 0 Å². The van der Waals surface area contributed by atoms with Crippen molar-refractivity contribution in [1.29, 1.82) is 0 Å². The number of benzene rings is 3. The van der Waals surface area contributed by atoms with Gasteiger partial charge in [0.25, 0.3) is 0 Å². The number of hydrogen-bond donors (Lipinski definition) is 1. The van der Waals surface area contributed by atoms with E-state index in [-0.39, 0.29) is 12.2 Å². The second-order valence-corrected chi connectivity index (χ2v) is 6.98. The number of aryl methyl sites for hydroxylation is 1. The number of rotatable bonds is 5. The highest BCUT2D eigenvalue weighted by molar-refractivity contribution is 5.85. The summed E-state index contributed by atoms with van der Waals surface area (Å²) in [5.74, 6) is -0.700. The largest absolute Gasteiger partial charge is 0.489 e. The molecule has 0 aromatic heterocycles. The Morgan fingerprint density at radius 1 is 1.07 bits per heavy atom. The van der Waals surface area contributed by atoms with E-state index in [2.05, 4.69) is 4.99 Å². The van der Waals surface area contributed by atoms with E-state index in [1.165, 1.54) is 18.2 Å². The Hall–Kier alpha value is -3.25. The van der Waals surface area contributed by atoms with Gasteiger partial charge in [0, 0.05) is 18.3 Å². The molecule has 0 saturated carbocycles. The molecule has 0 saturated heterocycles. The van der Waals surface area contributed by atoms with E-state index in [0.29, 0.717) is 18.8 Å². The van der Waals surface area contributed by atoms with E-state index in [1.54, 1.807) is 12.4 Å². The number of hydrogen-bond acceptors (Lipinski definition) is 4. The molecule has 0 radical (unpaired) electrons. The van der Waals surface area contributed by atoms with E-state index >= 15 is 0 Å². The average molecular weight is 393 g/mol. The molecule has 29 heavy (non-hydrogen) atoms. The number of fused-ring (bicyclic) bond motifs is 1. The lowest BCUT2D eigenvalue weighted by atomic mass is 10.1. The third kappa shape index (κ3) is 3.98. The van der Waals surface area contributed by atoms with Crippen molar-refractivity contribution in [3.8, 4) is 5.75 Å². The highest BCUT2D eigenvalue weighted by atomic mass is 19.1. The lowest BCUT2D eigenvalue weighted by Gasteiger charge is -2.26. The Balaban J connectivity index is 1.55. The highest BCUT2D eigenvalue weighted by Gasteiger charge is 2.16. The first-order chi connectivity index (χ1) is 14.0. The van der Waals surface area contributed by atoms with Gasteiger partial charge < -0.3 is 15.4 Å². The van der Waals surface area contributed by atoms with Crippen molar-refractivity contribution in [2.24, 2.45) is 10.7 Å². The molecule has 2 N–H and O–H groups in total. The third-order valence-corrected chi connectivity index (χ3v) is 5.00. The monoisotopic (exact) mass is 393 g/mol. The molecule has 0 atom stereocenters. The Bertz CT molecular complexity index is 1060. The fourth-order valence-electron chi connectivity index (χ4n) is 3.31. The molecule has 1 heterocycles. The Morgan fingerprint density at radius 2 is 1.86 bits per heavy atom. The Morgan fingerprint density at radius 3 is 2.62 bits per heavy atom. The molecular weight excluding hydrogens is 372 g/mol. The number of halogens is 2. The van der Waals surface area contributed by atoms with E-state index < -0.39 is 11.6 Å². The van der Waals surface area contributed by atoms with Crippen LogP contribution in [0.2, 0.25) is 0 Å². The molecule has 148 valence electrons. The van der Waals surface area contributed by atoms with Gasteiger partial charge in [0.05, 0.1) is 24.1 Å². The van der Waals surface area contributed by atoms with Gasteiger partial charge in [0.2, 0.25) is 0 Å². The van der Waals surface area contributed by atoms with Crippen LogP contribution in [-0.2, 0) is 19.7 Å². The average Bonchev–Trinajstić information content (AvgIpc) is 2.73. The zero-order chi connectivity index (χ0) is 20.4. The van der Waals surface area contributed by atoms with Gasteiger partial charge in [-0.2, -0.15) is 0 Å². The number of aliphatic imine (C=N–C) groups is 1. The number of ether oxygens (including phenoxy) is 1. The number of nitrogens with two attached hydrogens (primary N) is 1. The van der Waals surface area contributed by atoms with E-state index in [4.69, 9.17) is 10.5 Å². The highest BCUT2D eigenvalue weighted by Crippen LogP contribution is 2.32. The molecule has 4 nitrogen and oxygen atoms in total. The van der Waals surface area contributed by atoms with Gasteiger partial charge in [0.15, 0.2) is 0 Å². The topological polar surface area (TPSA) is 50.8 Å². The van der Waals surface area contributed by atoms with E-state index in [9.17, 15) is 8.78 Å². The summed E-state index contributed by atoms with van der Waals surface area (Å²) in [4.78, 5) is 6.58. The molecular formula is C23H21F2N3O. The molecule has 1 aliphatic rings. The molecule has 0 amide bonds.